The van der Waals surface area contributed by atoms with E-state index in [9.17, 15) is 4.79 Å². The molecule has 2 unspecified atom stereocenters. The zero-order valence-electron chi connectivity index (χ0n) is 10.4. The Kier molecular flexibility index (Phi) is 3.19. The smallest absolute Gasteiger partial charge is 0.237 e. The van der Waals surface area contributed by atoms with E-state index in [1.54, 1.807) is 6.20 Å². The number of rotatable bonds is 3. The molecule has 17 heavy (non-hydrogen) atoms. The van der Waals surface area contributed by atoms with Crippen molar-refractivity contribution in [3.05, 3.63) is 18.2 Å². The van der Waals surface area contributed by atoms with Crippen LogP contribution in [-0.4, -0.2) is 28.0 Å². The van der Waals surface area contributed by atoms with Crippen LogP contribution in [0.4, 0.5) is 0 Å². The maximum Gasteiger partial charge on any atom is 0.237 e. The Morgan fingerprint density at radius 1 is 1.71 bits per heavy atom. The summed E-state index contributed by atoms with van der Waals surface area (Å²) in [4.78, 5) is 15.9. The van der Waals surface area contributed by atoms with E-state index in [-0.39, 0.29) is 5.91 Å². The van der Waals surface area contributed by atoms with Crippen molar-refractivity contribution in [3.63, 3.8) is 0 Å². The topological polar surface area (TPSA) is 72.9 Å². The first-order chi connectivity index (χ1) is 8.09. The molecule has 94 valence electrons. The number of nitrogens with zero attached hydrogens (tertiary/aromatic N) is 2. The molecule has 0 spiro atoms. The van der Waals surface area contributed by atoms with Gasteiger partial charge in [0.2, 0.25) is 5.91 Å². The lowest BCUT2D eigenvalue weighted by atomic mass is 9.78. The maximum absolute atomic E-state index is 11.6. The molecule has 5 nitrogen and oxygen atoms in total. The molecule has 2 rings (SSSR count). The van der Waals surface area contributed by atoms with Crippen LogP contribution in [0.2, 0.25) is 0 Å². The number of imidazole rings is 1. The van der Waals surface area contributed by atoms with Gasteiger partial charge in [-0.05, 0) is 39.7 Å². The summed E-state index contributed by atoms with van der Waals surface area (Å²) in [6.45, 7) is 1.99. The van der Waals surface area contributed by atoms with E-state index in [1.807, 2.05) is 20.2 Å². The summed E-state index contributed by atoms with van der Waals surface area (Å²) in [6.07, 6.45) is 7.43. The third kappa shape index (κ3) is 2.07. The molecular weight excluding hydrogens is 216 g/mol. The van der Waals surface area contributed by atoms with Crippen molar-refractivity contribution in [2.75, 3.05) is 7.05 Å². The Bertz CT molecular complexity index is 414. The van der Waals surface area contributed by atoms with Gasteiger partial charge in [-0.15, -0.1) is 0 Å². The lowest BCUT2D eigenvalue weighted by molar-refractivity contribution is -0.126. The van der Waals surface area contributed by atoms with E-state index < -0.39 is 5.54 Å². The number of nitrogens with two attached hydrogens (primary N) is 1. The van der Waals surface area contributed by atoms with Crippen LogP contribution >= 0.6 is 0 Å². The first-order valence-electron chi connectivity index (χ1n) is 6.07. The highest BCUT2D eigenvalue weighted by molar-refractivity contribution is 5.84. The summed E-state index contributed by atoms with van der Waals surface area (Å²) in [5.41, 5.74) is 4.98. The van der Waals surface area contributed by atoms with Crippen LogP contribution in [0.1, 0.15) is 37.5 Å². The molecule has 0 aliphatic heterocycles. The maximum atomic E-state index is 11.6. The predicted octanol–water partition coefficient (Wildman–Crippen LogP) is 0.750. The molecule has 1 amide bonds. The predicted molar refractivity (Wildman–Crippen MR) is 65.5 cm³/mol. The SMILES string of the molecule is CNC1(C(N)=O)CCCC(n2ccnc2C)C1. The minimum Gasteiger partial charge on any atom is -0.368 e. The molecule has 3 N–H and O–H groups in total. The first kappa shape index (κ1) is 12.1. The van der Waals surface area contributed by atoms with Gasteiger partial charge in [0.15, 0.2) is 0 Å². The molecule has 5 heteroatoms. The van der Waals surface area contributed by atoms with Crippen LogP contribution in [0.15, 0.2) is 12.4 Å². The monoisotopic (exact) mass is 236 g/mol. The third-order valence-electron chi connectivity index (χ3n) is 3.93. The molecule has 0 saturated heterocycles. The normalized spacial score (nSPS) is 29.2. The van der Waals surface area contributed by atoms with Gasteiger partial charge >= 0.3 is 0 Å². The Morgan fingerprint density at radius 2 is 2.47 bits per heavy atom. The van der Waals surface area contributed by atoms with E-state index in [2.05, 4.69) is 14.9 Å². The number of primary amides is 1. The van der Waals surface area contributed by atoms with Crippen molar-refractivity contribution in [2.45, 2.75) is 44.2 Å². The second kappa shape index (κ2) is 4.49. The molecule has 0 radical (unpaired) electrons. The largest absolute Gasteiger partial charge is 0.368 e. The number of hydrogen-bond acceptors (Lipinski definition) is 3. The van der Waals surface area contributed by atoms with Gasteiger partial charge in [-0.3, -0.25) is 4.79 Å². The van der Waals surface area contributed by atoms with Crippen molar-refractivity contribution >= 4 is 5.91 Å². The fourth-order valence-electron chi connectivity index (χ4n) is 2.83. The van der Waals surface area contributed by atoms with Crippen molar-refractivity contribution in [3.8, 4) is 0 Å². The molecular formula is C12H20N4O. The van der Waals surface area contributed by atoms with Crippen LogP contribution in [-0.2, 0) is 4.79 Å². The van der Waals surface area contributed by atoms with Gasteiger partial charge in [0, 0.05) is 18.4 Å². The molecule has 1 heterocycles. The highest BCUT2D eigenvalue weighted by atomic mass is 16.1. The van der Waals surface area contributed by atoms with Crippen LogP contribution in [0.25, 0.3) is 0 Å². The first-order valence-corrected chi connectivity index (χ1v) is 6.07. The van der Waals surface area contributed by atoms with Crippen LogP contribution in [0.3, 0.4) is 0 Å². The molecule has 2 atom stereocenters. The van der Waals surface area contributed by atoms with E-state index in [0.717, 1.165) is 31.5 Å². The molecule has 1 aliphatic carbocycles. The van der Waals surface area contributed by atoms with Crippen LogP contribution in [0.5, 0.6) is 0 Å². The molecule has 1 fully saturated rings. The Balaban J connectivity index is 2.23. The standard InChI is InChI=1S/C12H20N4O/c1-9-15-6-7-16(9)10-4-3-5-12(8-10,14-2)11(13)17/h6-7,10,14H,3-5,8H2,1-2H3,(H2,13,17). The highest BCUT2D eigenvalue weighted by Gasteiger charge is 2.40. The number of hydrogen-bond donors (Lipinski definition) is 2. The van der Waals surface area contributed by atoms with Crippen LogP contribution in [0, 0.1) is 6.92 Å². The third-order valence-corrected chi connectivity index (χ3v) is 3.93. The molecule has 0 aromatic carbocycles. The number of carbonyl (C=O) groups is 1. The number of likely N-dealkylation sites (N-methyl/N-ethyl adjacent to an activating group) is 1. The van der Waals surface area contributed by atoms with Crippen LogP contribution < -0.4 is 11.1 Å². The summed E-state index contributed by atoms with van der Waals surface area (Å²) in [5, 5.41) is 3.12. The number of carbonyl (C=O) groups excluding carboxylic acids is 1. The van der Waals surface area contributed by atoms with Gasteiger partial charge in [0.25, 0.3) is 0 Å². The fraction of sp³-hybridized carbons (Fsp3) is 0.667. The summed E-state index contributed by atoms with van der Waals surface area (Å²) < 4.78 is 2.15. The molecule has 1 aliphatic rings. The molecule has 0 bridgehead atoms. The summed E-state index contributed by atoms with van der Waals surface area (Å²) in [7, 11) is 1.81. The average molecular weight is 236 g/mol. The van der Waals surface area contributed by atoms with Crippen molar-refractivity contribution in [2.24, 2.45) is 5.73 Å². The minimum atomic E-state index is -0.556. The summed E-state index contributed by atoms with van der Waals surface area (Å²) >= 11 is 0. The zero-order valence-corrected chi connectivity index (χ0v) is 10.4. The fourth-order valence-corrected chi connectivity index (χ4v) is 2.83. The van der Waals surface area contributed by atoms with Gasteiger partial charge in [-0.25, -0.2) is 4.98 Å². The van der Waals surface area contributed by atoms with Crippen molar-refractivity contribution < 1.29 is 4.79 Å². The van der Waals surface area contributed by atoms with E-state index in [0.29, 0.717) is 6.04 Å². The Labute approximate surface area is 101 Å². The van der Waals surface area contributed by atoms with E-state index in [1.165, 1.54) is 0 Å². The molecule has 1 aromatic heterocycles. The number of amides is 1. The lowest BCUT2D eigenvalue weighted by Gasteiger charge is -2.39. The van der Waals surface area contributed by atoms with Gasteiger partial charge in [0.1, 0.15) is 5.82 Å². The van der Waals surface area contributed by atoms with Gasteiger partial charge in [0.05, 0.1) is 5.54 Å². The van der Waals surface area contributed by atoms with Gasteiger partial charge in [-0.1, -0.05) is 0 Å². The second-order valence-electron chi connectivity index (χ2n) is 4.83. The molecule has 1 saturated carbocycles. The van der Waals surface area contributed by atoms with Gasteiger partial charge < -0.3 is 15.6 Å². The lowest BCUT2D eigenvalue weighted by Crippen LogP contribution is -2.56. The van der Waals surface area contributed by atoms with Crippen molar-refractivity contribution in [1.29, 1.82) is 0 Å². The summed E-state index contributed by atoms with van der Waals surface area (Å²) in [6, 6.07) is 0.311. The number of aromatic nitrogens is 2. The number of aryl methyl sites for hydroxylation is 1. The number of nitrogens with one attached hydrogen (secondary N) is 1. The van der Waals surface area contributed by atoms with Gasteiger partial charge in [-0.2, -0.15) is 0 Å². The molecule has 1 aromatic rings. The average Bonchev–Trinajstić information content (AvgIpc) is 2.75. The minimum absolute atomic E-state index is 0.248. The van der Waals surface area contributed by atoms with Crippen molar-refractivity contribution in [1.82, 2.24) is 14.9 Å². The zero-order chi connectivity index (χ0) is 12.5. The second-order valence-corrected chi connectivity index (χ2v) is 4.83. The van der Waals surface area contributed by atoms with E-state index >= 15 is 0 Å². The van der Waals surface area contributed by atoms with E-state index in [4.69, 9.17) is 5.73 Å². The highest BCUT2D eigenvalue weighted by Crippen LogP contribution is 2.35. The Morgan fingerprint density at radius 3 is 3.00 bits per heavy atom. The Hall–Kier alpha value is -1.36. The summed E-state index contributed by atoms with van der Waals surface area (Å²) in [5.74, 6) is 0.744. The quantitative estimate of drug-likeness (QED) is 0.813.